The Bertz CT molecular complexity index is 812. The van der Waals surface area contributed by atoms with Crippen LogP contribution in [0.25, 0.3) is 0 Å². The molecule has 4 aliphatic carbocycles. The third-order valence-corrected chi connectivity index (χ3v) is 8.24. The van der Waals surface area contributed by atoms with Gasteiger partial charge in [0.15, 0.2) is 0 Å². The Balaban J connectivity index is 1.56. The Morgan fingerprint density at radius 1 is 1.07 bits per heavy atom. The van der Waals surface area contributed by atoms with Gasteiger partial charge >= 0.3 is 6.36 Å². The van der Waals surface area contributed by atoms with Crippen molar-refractivity contribution >= 4 is 10.0 Å². The average Bonchev–Trinajstić information content (AvgIpc) is 2.60. The summed E-state index contributed by atoms with van der Waals surface area (Å²) >= 11 is 0. The van der Waals surface area contributed by atoms with E-state index in [0.717, 1.165) is 37.8 Å². The van der Waals surface area contributed by atoms with Crippen molar-refractivity contribution in [3.8, 4) is 5.75 Å². The first kappa shape index (κ1) is 20.0. The quantitative estimate of drug-likeness (QED) is 0.764. The van der Waals surface area contributed by atoms with Crippen LogP contribution < -0.4 is 9.46 Å². The minimum atomic E-state index is -4.97. The molecule has 0 amide bonds. The largest absolute Gasteiger partial charge is 0.573 e. The van der Waals surface area contributed by atoms with Crippen LogP contribution in [0.15, 0.2) is 29.2 Å². The van der Waals surface area contributed by atoms with Crippen molar-refractivity contribution in [1.29, 1.82) is 0 Å². The molecule has 156 valence electrons. The summed E-state index contributed by atoms with van der Waals surface area (Å²) in [6.07, 6.45) is 0.376. The molecule has 4 aliphatic rings. The molecule has 5 rings (SSSR count). The number of rotatable bonds is 6. The van der Waals surface area contributed by atoms with Crippen LogP contribution in [0.1, 0.15) is 32.1 Å². The van der Waals surface area contributed by atoms with E-state index in [1.54, 1.807) is 7.11 Å². The predicted octanol–water partition coefficient (Wildman–Crippen LogP) is 3.70. The third-order valence-electron chi connectivity index (χ3n) is 6.80. The molecule has 4 saturated carbocycles. The van der Waals surface area contributed by atoms with Crippen molar-refractivity contribution in [2.75, 3.05) is 13.7 Å². The SMILES string of the molecule is COC1(CNS(=O)(=O)c2ccccc2OC(F)(F)F)C2CC3CC(C2)CC1C3. The summed E-state index contributed by atoms with van der Waals surface area (Å²) in [5, 5.41) is 0. The zero-order valence-electron chi connectivity index (χ0n) is 15.5. The number of para-hydroxylation sites is 1. The Morgan fingerprint density at radius 2 is 1.64 bits per heavy atom. The average molecular weight is 419 g/mol. The molecule has 0 aromatic heterocycles. The predicted molar refractivity (Wildman–Crippen MR) is 95.1 cm³/mol. The molecule has 0 saturated heterocycles. The summed E-state index contributed by atoms with van der Waals surface area (Å²) in [6, 6.07) is 4.78. The van der Waals surface area contributed by atoms with Crippen molar-refractivity contribution in [1.82, 2.24) is 4.72 Å². The minimum Gasteiger partial charge on any atom is -0.404 e. The molecule has 4 bridgehead atoms. The van der Waals surface area contributed by atoms with E-state index >= 15 is 0 Å². The highest BCUT2D eigenvalue weighted by Gasteiger charge is 2.57. The highest BCUT2D eigenvalue weighted by Crippen LogP contribution is 2.59. The second-order valence-corrected chi connectivity index (χ2v) is 10.0. The van der Waals surface area contributed by atoms with Crippen LogP contribution in [-0.4, -0.2) is 34.0 Å². The summed E-state index contributed by atoms with van der Waals surface area (Å²) in [7, 11) is -2.59. The van der Waals surface area contributed by atoms with Crippen LogP contribution in [0.3, 0.4) is 0 Å². The molecular weight excluding hydrogens is 395 g/mol. The van der Waals surface area contributed by atoms with Gasteiger partial charge < -0.3 is 9.47 Å². The lowest BCUT2D eigenvalue weighted by molar-refractivity contribution is -0.275. The Kier molecular flexibility index (Phi) is 4.91. The zero-order valence-corrected chi connectivity index (χ0v) is 16.4. The number of hydrogen-bond acceptors (Lipinski definition) is 4. The standard InChI is InChI=1S/C19H24F3NO4S/c1-26-18(14-7-12-6-13(9-14)10-15(18)8-12)11-23-28(24,25)17-5-3-2-4-16(17)27-19(20,21)22/h2-5,12-15,23H,6-11H2,1H3. The van der Waals surface area contributed by atoms with Gasteiger partial charge in [-0.25, -0.2) is 13.1 Å². The van der Waals surface area contributed by atoms with Crippen LogP contribution in [0.5, 0.6) is 5.75 Å². The van der Waals surface area contributed by atoms with E-state index < -0.39 is 32.6 Å². The number of nitrogens with one attached hydrogen (secondary N) is 1. The highest BCUT2D eigenvalue weighted by molar-refractivity contribution is 7.89. The lowest BCUT2D eigenvalue weighted by atomic mass is 9.50. The fraction of sp³-hybridized carbons (Fsp3) is 0.684. The summed E-state index contributed by atoms with van der Waals surface area (Å²) in [5.74, 6) is 1.18. The molecule has 1 N–H and O–H groups in total. The van der Waals surface area contributed by atoms with E-state index in [2.05, 4.69) is 9.46 Å². The van der Waals surface area contributed by atoms with Crippen molar-refractivity contribution < 1.29 is 31.1 Å². The van der Waals surface area contributed by atoms with Gasteiger partial charge in [0.25, 0.3) is 0 Å². The fourth-order valence-electron chi connectivity index (χ4n) is 5.84. The number of halogens is 3. The fourth-order valence-corrected chi connectivity index (χ4v) is 7.05. The molecule has 4 fully saturated rings. The molecule has 5 nitrogen and oxygen atoms in total. The van der Waals surface area contributed by atoms with Crippen LogP contribution in [0.2, 0.25) is 0 Å². The highest BCUT2D eigenvalue weighted by atomic mass is 32.2. The molecule has 0 aliphatic heterocycles. The van der Waals surface area contributed by atoms with E-state index in [0.29, 0.717) is 11.8 Å². The van der Waals surface area contributed by atoms with E-state index in [-0.39, 0.29) is 18.4 Å². The lowest BCUT2D eigenvalue weighted by Crippen LogP contribution is -2.63. The van der Waals surface area contributed by atoms with E-state index in [4.69, 9.17) is 4.74 Å². The number of sulfonamides is 1. The van der Waals surface area contributed by atoms with Crippen molar-refractivity contribution in [2.24, 2.45) is 23.7 Å². The molecule has 1 aromatic carbocycles. The van der Waals surface area contributed by atoms with Gasteiger partial charge in [0, 0.05) is 13.7 Å². The van der Waals surface area contributed by atoms with Crippen molar-refractivity contribution in [3.63, 3.8) is 0 Å². The first-order valence-corrected chi connectivity index (χ1v) is 11.0. The number of hydrogen-bond donors (Lipinski definition) is 1. The molecular formula is C19H24F3NO4S. The second-order valence-electron chi connectivity index (χ2n) is 8.28. The maximum Gasteiger partial charge on any atom is 0.573 e. The summed E-state index contributed by atoms with van der Waals surface area (Å²) in [5.41, 5.74) is -0.597. The number of alkyl halides is 3. The second kappa shape index (κ2) is 6.88. The van der Waals surface area contributed by atoms with Gasteiger partial charge in [0.1, 0.15) is 10.6 Å². The first-order chi connectivity index (χ1) is 13.1. The molecule has 0 atom stereocenters. The van der Waals surface area contributed by atoms with Gasteiger partial charge in [-0.3, -0.25) is 0 Å². The number of methoxy groups -OCH3 is 1. The van der Waals surface area contributed by atoms with Gasteiger partial charge in [0.05, 0.1) is 5.60 Å². The first-order valence-electron chi connectivity index (χ1n) is 9.52. The van der Waals surface area contributed by atoms with Gasteiger partial charge in [-0.2, -0.15) is 0 Å². The topological polar surface area (TPSA) is 64.6 Å². The normalized spacial score (nSPS) is 34.6. The molecule has 0 unspecified atom stereocenters. The third kappa shape index (κ3) is 3.52. The van der Waals surface area contributed by atoms with Crippen molar-refractivity contribution in [2.45, 2.75) is 49.0 Å². The van der Waals surface area contributed by atoms with Gasteiger partial charge in [-0.15, -0.1) is 13.2 Å². The molecule has 1 aromatic rings. The summed E-state index contributed by atoms with van der Waals surface area (Å²) < 4.78 is 75.9. The molecule has 0 spiro atoms. The summed E-state index contributed by atoms with van der Waals surface area (Å²) in [6.45, 7) is 0.0565. The van der Waals surface area contributed by atoms with Crippen LogP contribution in [-0.2, 0) is 14.8 Å². The van der Waals surface area contributed by atoms with Crippen LogP contribution in [0, 0.1) is 23.7 Å². The molecule has 0 radical (unpaired) electrons. The molecule has 9 heteroatoms. The smallest absolute Gasteiger partial charge is 0.404 e. The van der Waals surface area contributed by atoms with Gasteiger partial charge in [-0.1, -0.05) is 12.1 Å². The Hall–Kier alpha value is -1.32. The lowest BCUT2D eigenvalue weighted by Gasteiger charge is -2.60. The molecule has 0 heterocycles. The minimum absolute atomic E-state index is 0.0565. The van der Waals surface area contributed by atoms with E-state index in [1.807, 2.05) is 0 Å². The van der Waals surface area contributed by atoms with Gasteiger partial charge in [-0.05, 0) is 67.9 Å². The maximum atomic E-state index is 12.8. The zero-order chi connectivity index (χ0) is 20.2. The maximum absolute atomic E-state index is 12.8. The Morgan fingerprint density at radius 3 is 2.18 bits per heavy atom. The number of ether oxygens (including phenoxy) is 2. The summed E-state index contributed by atoms with van der Waals surface area (Å²) in [4.78, 5) is -0.526. The van der Waals surface area contributed by atoms with E-state index in [1.165, 1.54) is 18.6 Å². The van der Waals surface area contributed by atoms with Crippen LogP contribution in [0.4, 0.5) is 13.2 Å². The molecule has 28 heavy (non-hydrogen) atoms. The van der Waals surface area contributed by atoms with E-state index in [9.17, 15) is 21.6 Å². The van der Waals surface area contributed by atoms with Crippen molar-refractivity contribution in [3.05, 3.63) is 24.3 Å². The number of benzene rings is 1. The Labute approximate surface area is 162 Å². The van der Waals surface area contributed by atoms with Crippen LogP contribution >= 0.6 is 0 Å². The monoisotopic (exact) mass is 419 g/mol. The van der Waals surface area contributed by atoms with Gasteiger partial charge in [0.2, 0.25) is 10.0 Å².